The number of carbonyl (C=O) groups excluding carboxylic acids is 2. The molecule has 26 heavy (non-hydrogen) atoms. The monoisotopic (exact) mass is 386 g/mol. The molecule has 0 radical (unpaired) electrons. The molecule has 0 aliphatic rings. The number of hydrogen-bond donors (Lipinski definition) is 2. The molecule has 3 aromatic rings. The molecule has 3 N–H and O–H groups in total. The lowest BCUT2D eigenvalue weighted by Gasteiger charge is -2.09. The molecule has 0 unspecified atom stereocenters. The number of carbonyl (C=O) groups is 2. The van der Waals surface area contributed by atoms with Gasteiger partial charge in [-0.1, -0.05) is 23.4 Å². The highest BCUT2D eigenvalue weighted by Crippen LogP contribution is 2.22. The van der Waals surface area contributed by atoms with Crippen molar-refractivity contribution in [1.82, 2.24) is 9.55 Å². The topological polar surface area (TPSA) is 90.0 Å². The van der Waals surface area contributed by atoms with Gasteiger partial charge in [0.2, 0.25) is 5.91 Å². The molecule has 0 saturated heterocycles. The van der Waals surface area contributed by atoms with Crippen LogP contribution in [0.1, 0.15) is 20.7 Å². The second-order valence-electron chi connectivity index (χ2n) is 5.34. The molecule has 0 aliphatic heterocycles. The van der Waals surface area contributed by atoms with Crippen LogP contribution in [0.3, 0.4) is 0 Å². The van der Waals surface area contributed by atoms with Crippen molar-refractivity contribution in [1.29, 1.82) is 0 Å². The second kappa shape index (κ2) is 7.63. The molecule has 0 atom stereocenters. The third-order valence-electron chi connectivity index (χ3n) is 3.69. The van der Waals surface area contributed by atoms with Crippen molar-refractivity contribution < 1.29 is 9.59 Å². The Morgan fingerprint density at radius 1 is 1.19 bits per heavy atom. The SMILES string of the molecule is CSc1nccn1-c1ccc(C(=O)Nc2ccc(C(N)=O)c(Cl)c2)cc1. The number of nitrogens with two attached hydrogens (primary N) is 1. The molecular formula is C18H15ClN4O2S. The van der Waals surface area contributed by atoms with E-state index in [1.807, 2.05) is 29.2 Å². The summed E-state index contributed by atoms with van der Waals surface area (Å²) in [6.45, 7) is 0. The molecule has 132 valence electrons. The number of benzene rings is 2. The minimum Gasteiger partial charge on any atom is -0.366 e. The van der Waals surface area contributed by atoms with Crippen LogP contribution in [0.2, 0.25) is 5.02 Å². The van der Waals surface area contributed by atoms with Crippen LogP contribution in [0, 0.1) is 0 Å². The summed E-state index contributed by atoms with van der Waals surface area (Å²) < 4.78 is 1.94. The molecule has 1 heterocycles. The molecule has 3 rings (SSSR count). The standard InChI is InChI=1S/C18H15ClN4O2S/c1-26-18-21-8-9-23(18)13-5-2-11(3-6-13)17(25)22-12-4-7-14(16(20)24)15(19)10-12/h2-10H,1H3,(H2,20,24)(H,22,25). The average molecular weight is 387 g/mol. The van der Waals surface area contributed by atoms with E-state index in [4.69, 9.17) is 17.3 Å². The Hall–Kier alpha value is -2.77. The van der Waals surface area contributed by atoms with Gasteiger partial charge in [0.1, 0.15) is 0 Å². The number of anilines is 1. The number of halogens is 1. The fourth-order valence-electron chi connectivity index (χ4n) is 2.41. The summed E-state index contributed by atoms with van der Waals surface area (Å²) in [4.78, 5) is 27.8. The van der Waals surface area contributed by atoms with Crippen LogP contribution >= 0.6 is 23.4 Å². The maximum absolute atomic E-state index is 12.4. The number of imidazole rings is 1. The van der Waals surface area contributed by atoms with Gasteiger partial charge in [0.05, 0.1) is 10.6 Å². The van der Waals surface area contributed by atoms with Crippen molar-refractivity contribution in [3.05, 3.63) is 71.0 Å². The summed E-state index contributed by atoms with van der Waals surface area (Å²) in [6.07, 6.45) is 5.55. The number of hydrogen-bond acceptors (Lipinski definition) is 4. The van der Waals surface area contributed by atoms with Gasteiger partial charge in [0.15, 0.2) is 5.16 Å². The normalized spacial score (nSPS) is 10.5. The average Bonchev–Trinajstić information content (AvgIpc) is 3.10. The van der Waals surface area contributed by atoms with Gasteiger partial charge in [-0.3, -0.25) is 14.2 Å². The van der Waals surface area contributed by atoms with E-state index in [0.717, 1.165) is 10.8 Å². The van der Waals surface area contributed by atoms with E-state index < -0.39 is 5.91 Å². The van der Waals surface area contributed by atoms with Gasteiger partial charge in [-0.05, 0) is 48.7 Å². The van der Waals surface area contributed by atoms with Gasteiger partial charge in [0, 0.05) is 29.3 Å². The first-order valence-electron chi connectivity index (χ1n) is 7.58. The quantitative estimate of drug-likeness (QED) is 0.655. The number of aromatic nitrogens is 2. The molecule has 0 fully saturated rings. The van der Waals surface area contributed by atoms with Crippen LogP contribution in [-0.2, 0) is 0 Å². The van der Waals surface area contributed by atoms with Gasteiger partial charge < -0.3 is 11.1 Å². The van der Waals surface area contributed by atoms with Crippen molar-refractivity contribution in [3.8, 4) is 5.69 Å². The number of primary amides is 1. The van der Waals surface area contributed by atoms with Crippen LogP contribution in [0.15, 0.2) is 60.0 Å². The van der Waals surface area contributed by atoms with E-state index in [1.165, 1.54) is 12.1 Å². The van der Waals surface area contributed by atoms with Crippen molar-refractivity contribution in [3.63, 3.8) is 0 Å². The number of nitrogens with one attached hydrogen (secondary N) is 1. The molecular weight excluding hydrogens is 372 g/mol. The fraction of sp³-hybridized carbons (Fsp3) is 0.0556. The van der Waals surface area contributed by atoms with E-state index >= 15 is 0 Å². The third kappa shape index (κ3) is 3.74. The predicted octanol–water partition coefficient (Wildman–Crippen LogP) is 3.60. The lowest BCUT2D eigenvalue weighted by Crippen LogP contribution is -2.14. The smallest absolute Gasteiger partial charge is 0.255 e. The predicted molar refractivity (Wildman–Crippen MR) is 103 cm³/mol. The Balaban J connectivity index is 1.76. The van der Waals surface area contributed by atoms with Crippen molar-refractivity contribution in [2.45, 2.75) is 5.16 Å². The van der Waals surface area contributed by atoms with Gasteiger partial charge >= 0.3 is 0 Å². The summed E-state index contributed by atoms with van der Waals surface area (Å²) >= 11 is 7.54. The zero-order valence-corrected chi connectivity index (χ0v) is 15.3. The van der Waals surface area contributed by atoms with E-state index in [1.54, 1.807) is 36.2 Å². The summed E-state index contributed by atoms with van der Waals surface area (Å²) in [6, 6.07) is 11.7. The van der Waals surface area contributed by atoms with Gasteiger partial charge in [-0.25, -0.2) is 4.98 Å². The van der Waals surface area contributed by atoms with Crippen LogP contribution in [0.5, 0.6) is 0 Å². The molecule has 8 heteroatoms. The highest BCUT2D eigenvalue weighted by Gasteiger charge is 2.11. The van der Waals surface area contributed by atoms with Gasteiger partial charge in [-0.15, -0.1) is 0 Å². The summed E-state index contributed by atoms with van der Waals surface area (Å²) in [7, 11) is 0. The molecule has 0 saturated carbocycles. The van der Waals surface area contributed by atoms with Crippen LogP contribution in [0.4, 0.5) is 5.69 Å². The number of nitrogens with zero attached hydrogens (tertiary/aromatic N) is 2. The van der Waals surface area contributed by atoms with E-state index in [2.05, 4.69) is 10.3 Å². The number of rotatable bonds is 5. The Morgan fingerprint density at radius 2 is 1.92 bits per heavy atom. The summed E-state index contributed by atoms with van der Waals surface area (Å²) in [5.74, 6) is -0.900. The first-order valence-corrected chi connectivity index (χ1v) is 9.18. The summed E-state index contributed by atoms with van der Waals surface area (Å²) in [5.41, 5.74) is 7.31. The third-order valence-corrected chi connectivity index (χ3v) is 4.67. The maximum Gasteiger partial charge on any atom is 0.255 e. The molecule has 6 nitrogen and oxygen atoms in total. The van der Waals surface area contributed by atoms with Crippen LogP contribution in [0.25, 0.3) is 5.69 Å². The highest BCUT2D eigenvalue weighted by molar-refractivity contribution is 7.98. The second-order valence-corrected chi connectivity index (χ2v) is 6.52. The molecule has 2 amide bonds. The van der Waals surface area contributed by atoms with Gasteiger partial charge in [0.25, 0.3) is 5.91 Å². The fourth-order valence-corrected chi connectivity index (χ4v) is 3.21. The first-order chi connectivity index (χ1) is 12.5. The Labute approximate surface area is 159 Å². The van der Waals surface area contributed by atoms with E-state index in [9.17, 15) is 9.59 Å². The first kappa shape index (κ1) is 18.0. The van der Waals surface area contributed by atoms with Crippen molar-refractivity contribution >= 4 is 40.9 Å². The highest BCUT2D eigenvalue weighted by atomic mass is 35.5. The Morgan fingerprint density at radius 3 is 2.54 bits per heavy atom. The van der Waals surface area contributed by atoms with Crippen LogP contribution < -0.4 is 11.1 Å². The van der Waals surface area contributed by atoms with Gasteiger partial charge in [-0.2, -0.15) is 0 Å². The lowest BCUT2D eigenvalue weighted by molar-refractivity contribution is 0.0998. The minimum absolute atomic E-state index is 0.190. The molecule has 0 aliphatic carbocycles. The van der Waals surface area contributed by atoms with Crippen LogP contribution in [-0.4, -0.2) is 27.6 Å². The number of thioether (sulfide) groups is 1. The Kier molecular flexibility index (Phi) is 5.29. The van der Waals surface area contributed by atoms with Crippen molar-refractivity contribution in [2.75, 3.05) is 11.6 Å². The van der Waals surface area contributed by atoms with Crippen molar-refractivity contribution in [2.24, 2.45) is 5.73 Å². The minimum atomic E-state index is -0.618. The number of amides is 2. The zero-order chi connectivity index (χ0) is 18.7. The maximum atomic E-state index is 12.4. The Bertz CT molecular complexity index is 970. The van der Waals surface area contributed by atoms with E-state index in [0.29, 0.717) is 11.3 Å². The largest absolute Gasteiger partial charge is 0.366 e. The lowest BCUT2D eigenvalue weighted by atomic mass is 10.1. The van der Waals surface area contributed by atoms with E-state index in [-0.39, 0.29) is 16.5 Å². The molecule has 2 aromatic carbocycles. The molecule has 1 aromatic heterocycles. The molecule has 0 bridgehead atoms. The zero-order valence-electron chi connectivity index (χ0n) is 13.8. The summed E-state index contributed by atoms with van der Waals surface area (Å²) in [5, 5.41) is 3.80. The molecule has 0 spiro atoms.